The highest BCUT2D eigenvalue weighted by Gasteiger charge is 2.14. The van der Waals surface area contributed by atoms with Gasteiger partial charge in [-0.25, -0.2) is 9.67 Å². The summed E-state index contributed by atoms with van der Waals surface area (Å²) in [4.78, 5) is 16.7. The van der Waals surface area contributed by atoms with Crippen LogP contribution < -0.4 is 5.32 Å². The summed E-state index contributed by atoms with van der Waals surface area (Å²) < 4.78 is 6.82. The van der Waals surface area contributed by atoms with Gasteiger partial charge >= 0.3 is 0 Å². The molecule has 2 rings (SSSR count). The smallest absolute Gasteiger partial charge is 0.253 e. The molecule has 0 fully saturated rings. The number of hydrogen-bond donors (Lipinski definition) is 1. The lowest BCUT2D eigenvalue weighted by molar-refractivity contribution is 0.0948. The lowest BCUT2D eigenvalue weighted by Crippen LogP contribution is -2.26. The van der Waals surface area contributed by atoms with Gasteiger partial charge in [0, 0.05) is 31.7 Å². The maximum Gasteiger partial charge on any atom is 0.253 e. The molecule has 0 saturated heterocycles. The Labute approximate surface area is 124 Å². The first-order valence-corrected chi connectivity index (χ1v) is 7.16. The summed E-state index contributed by atoms with van der Waals surface area (Å²) in [6, 6.07) is 2.10. The van der Waals surface area contributed by atoms with Crippen LogP contribution in [0.5, 0.6) is 0 Å². The Morgan fingerprint density at radius 1 is 1.48 bits per heavy atom. The van der Waals surface area contributed by atoms with E-state index in [1.165, 1.54) is 0 Å². The molecule has 6 nitrogen and oxygen atoms in total. The third kappa shape index (κ3) is 3.39. The van der Waals surface area contributed by atoms with Crippen molar-refractivity contribution in [1.29, 1.82) is 0 Å². The molecule has 0 unspecified atom stereocenters. The van der Waals surface area contributed by atoms with Crippen LogP contribution in [-0.2, 0) is 4.74 Å². The standard InChI is InChI=1S/C15H22N4O2/c1-10(2)19-14-12(9-17-19)8-13(11(3)18-14)15(20)16-6-5-7-21-4/h8-10H,5-7H2,1-4H3,(H,16,20). The van der Waals surface area contributed by atoms with Crippen molar-refractivity contribution in [3.8, 4) is 0 Å². The van der Waals surface area contributed by atoms with Crippen molar-refractivity contribution < 1.29 is 9.53 Å². The van der Waals surface area contributed by atoms with Crippen molar-refractivity contribution in [3.05, 3.63) is 23.5 Å². The minimum Gasteiger partial charge on any atom is -0.385 e. The highest BCUT2D eigenvalue weighted by molar-refractivity contribution is 5.98. The van der Waals surface area contributed by atoms with Gasteiger partial charge in [0.25, 0.3) is 5.91 Å². The van der Waals surface area contributed by atoms with Crippen LogP contribution in [0.15, 0.2) is 12.3 Å². The predicted octanol–water partition coefficient (Wildman–Crippen LogP) is 2.09. The van der Waals surface area contributed by atoms with E-state index in [1.807, 2.05) is 17.7 Å². The fourth-order valence-corrected chi connectivity index (χ4v) is 2.19. The van der Waals surface area contributed by atoms with Gasteiger partial charge < -0.3 is 10.1 Å². The third-order valence-corrected chi connectivity index (χ3v) is 3.30. The summed E-state index contributed by atoms with van der Waals surface area (Å²) in [5.74, 6) is -0.102. The van der Waals surface area contributed by atoms with Crippen LogP contribution in [0.3, 0.4) is 0 Å². The van der Waals surface area contributed by atoms with E-state index in [9.17, 15) is 4.79 Å². The highest BCUT2D eigenvalue weighted by Crippen LogP contribution is 2.19. The molecule has 0 spiro atoms. The summed E-state index contributed by atoms with van der Waals surface area (Å²) in [5, 5.41) is 8.10. The van der Waals surface area contributed by atoms with Crippen LogP contribution in [0.25, 0.3) is 11.0 Å². The predicted molar refractivity (Wildman–Crippen MR) is 81.5 cm³/mol. The summed E-state index contributed by atoms with van der Waals surface area (Å²) in [6.45, 7) is 7.19. The van der Waals surface area contributed by atoms with E-state index in [2.05, 4.69) is 29.2 Å². The van der Waals surface area contributed by atoms with Crippen molar-refractivity contribution in [2.75, 3.05) is 20.3 Å². The number of aromatic nitrogens is 3. The molecule has 0 atom stereocenters. The van der Waals surface area contributed by atoms with Crippen molar-refractivity contribution in [3.63, 3.8) is 0 Å². The molecular weight excluding hydrogens is 268 g/mol. The lowest BCUT2D eigenvalue weighted by Gasteiger charge is -2.09. The molecule has 0 aliphatic carbocycles. The normalized spacial score (nSPS) is 11.3. The fraction of sp³-hybridized carbons (Fsp3) is 0.533. The number of methoxy groups -OCH3 is 1. The first-order valence-electron chi connectivity index (χ1n) is 7.16. The van der Waals surface area contributed by atoms with Crippen molar-refractivity contribution in [2.45, 2.75) is 33.2 Å². The van der Waals surface area contributed by atoms with Gasteiger partial charge in [0.1, 0.15) is 0 Å². The largest absolute Gasteiger partial charge is 0.385 e. The van der Waals surface area contributed by atoms with Gasteiger partial charge in [0.05, 0.1) is 17.5 Å². The van der Waals surface area contributed by atoms with Gasteiger partial charge in [0.2, 0.25) is 0 Å². The molecule has 21 heavy (non-hydrogen) atoms. The number of hydrogen-bond acceptors (Lipinski definition) is 4. The second kappa shape index (κ2) is 6.67. The Bertz CT molecular complexity index is 634. The average molecular weight is 290 g/mol. The van der Waals surface area contributed by atoms with Crippen LogP contribution >= 0.6 is 0 Å². The zero-order valence-electron chi connectivity index (χ0n) is 13.0. The Balaban J connectivity index is 2.21. The van der Waals surface area contributed by atoms with Crippen LogP contribution in [-0.4, -0.2) is 40.9 Å². The van der Waals surface area contributed by atoms with Crippen LogP contribution in [0, 0.1) is 6.92 Å². The molecule has 6 heteroatoms. The number of nitrogens with zero attached hydrogens (tertiary/aromatic N) is 3. The third-order valence-electron chi connectivity index (χ3n) is 3.30. The van der Waals surface area contributed by atoms with Gasteiger partial charge in [-0.2, -0.15) is 5.10 Å². The molecule has 0 aromatic carbocycles. The van der Waals surface area contributed by atoms with E-state index in [0.717, 1.165) is 17.5 Å². The maximum atomic E-state index is 12.2. The second-order valence-corrected chi connectivity index (χ2v) is 5.32. The molecule has 0 bridgehead atoms. The molecular formula is C15H22N4O2. The van der Waals surface area contributed by atoms with Gasteiger partial charge in [0.15, 0.2) is 5.65 Å². The summed E-state index contributed by atoms with van der Waals surface area (Å²) in [6.07, 6.45) is 2.55. The number of aryl methyl sites for hydroxylation is 1. The van der Waals surface area contributed by atoms with Crippen LogP contribution in [0.4, 0.5) is 0 Å². The summed E-state index contributed by atoms with van der Waals surface area (Å²) in [5.41, 5.74) is 2.13. The minimum absolute atomic E-state index is 0.102. The van der Waals surface area contributed by atoms with E-state index in [-0.39, 0.29) is 11.9 Å². The minimum atomic E-state index is -0.102. The van der Waals surface area contributed by atoms with Gasteiger partial charge in [-0.1, -0.05) is 0 Å². The SMILES string of the molecule is COCCCNC(=O)c1cc2cnn(C(C)C)c2nc1C. The number of carbonyl (C=O) groups excluding carboxylic acids is 1. The van der Waals surface area contributed by atoms with Crippen LogP contribution in [0.2, 0.25) is 0 Å². The second-order valence-electron chi connectivity index (χ2n) is 5.32. The number of pyridine rings is 1. The molecule has 0 aliphatic heterocycles. The Morgan fingerprint density at radius 3 is 2.90 bits per heavy atom. The number of fused-ring (bicyclic) bond motifs is 1. The molecule has 0 aliphatic rings. The van der Waals surface area contributed by atoms with Gasteiger partial charge in [-0.15, -0.1) is 0 Å². The van der Waals surface area contributed by atoms with Gasteiger partial charge in [-0.3, -0.25) is 4.79 Å². The van der Waals surface area contributed by atoms with E-state index < -0.39 is 0 Å². The fourth-order valence-electron chi connectivity index (χ4n) is 2.19. The van der Waals surface area contributed by atoms with Gasteiger partial charge in [-0.05, 0) is 33.3 Å². The number of nitrogens with one attached hydrogen (secondary N) is 1. The average Bonchev–Trinajstić information content (AvgIpc) is 2.85. The molecule has 2 heterocycles. The quantitative estimate of drug-likeness (QED) is 0.827. The van der Waals surface area contributed by atoms with E-state index in [0.29, 0.717) is 24.4 Å². The molecule has 0 radical (unpaired) electrons. The Hall–Kier alpha value is -1.95. The topological polar surface area (TPSA) is 69.0 Å². The lowest BCUT2D eigenvalue weighted by atomic mass is 10.1. The van der Waals surface area contributed by atoms with E-state index in [1.54, 1.807) is 13.3 Å². The molecule has 1 amide bonds. The number of carbonyl (C=O) groups is 1. The van der Waals surface area contributed by atoms with E-state index in [4.69, 9.17) is 4.74 Å². The molecule has 0 saturated carbocycles. The Morgan fingerprint density at radius 2 is 2.24 bits per heavy atom. The summed E-state index contributed by atoms with van der Waals surface area (Å²) in [7, 11) is 1.65. The van der Waals surface area contributed by atoms with Crippen molar-refractivity contribution >= 4 is 16.9 Å². The molecule has 2 aromatic heterocycles. The molecule has 1 N–H and O–H groups in total. The van der Waals surface area contributed by atoms with E-state index >= 15 is 0 Å². The summed E-state index contributed by atoms with van der Waals surface area (Å²) >= 11 is 0. The molecule has 2 aromatic rings. The zero-order chi connectivity index (χ0) is 15.4. The first kappa shape index (κ1) is 15.4. The highest BCUT2D eigenvalue weighted by atomic mass is 16.5. The van der Waals surface area contributed by atoms with Crippen molar-refractivity contribution in [1.82, 2.24) is 20.1 Å². The monoisotopic (exact) mass is 290 g/mol. The zero-order valence-corrected chi connectivity index (χ0v) is 13.0. The van der Waals surface area contributed by atoms with Crippen molar-refractivity contribution in [2.24, 2.45) is 0 Å². The Kier molecular flexibility index (Phi) is 4.90. The number of ether oxygens (including phenoxy) is 1. The first-order chi connectivity index (χ1) is 10.0. The number of rotatable bonds is 6. The number of amides is 1. The molecule has 114 valence electrons. The maximum absolute atomic E-state index is 12.2. The van der Waals surface area contributed by atoms with Crippen LogP contribution in [0.1, 0.15) is 42.4 Å².